The van der Waals surface area contributed by atoms with E-state index in [1.807, 2.05) is 27.3 Å². The summed E-state index contributed by atoms with van der Waals surface area (Å²) < 4.78 is 59.3. The van der Waals surface area contributed by atoms with Crippen LogP contribution in [0.15, 0.2) is 0 Å². The first-order chi connectivity index (χ1) is 5.81. The number of quaternary nitrogens is 1. The Labute approximate surface area is 79.7 Å². The lowest BCUT2D eigenvalue weighted by molar-refractivity contribution is -0.802. The molecule has 0 spiro atoms. The van der Waals surface area contributed by atoms with Crippen molar-refractivity contribution in [2.45, 2.75) is 5.51 Å². The van der Waals surface area contributed by atoms with E-state index in [1.54, 1.807) is 0 Å². The highest BCUT2D eigenvalue weighted by molar-refractivity contribution is 7.86. The molecule has 0 N–H and O–H groups in total. The molecule has 0 bridgehead atoms. The number of hydrogen-bond acceptors (Lipinski definition) is 4. The van der Waals surface area contributed by atoms with E-state index in [9.17, 15) is 13.2 Å². The standard InChI is InChI=1S/C4H9N2.CHF3O3S/c1-6(2,3)4-5;2-1(3,4)8(5,6)7/h1-3H3;(H,5,6,7)/q+1;/p-1. The molecule has 0 heterocycles. The Balaban J connectivity index is 0. The lowest BCUT2D eigenvalue weighted by atomic mass is 10.8. The zero-order valence-corrected chi connectivity index (χ0v) is 8.48. The van der Waals surface area contributed by atoms with Crippen LogP contribution in [0.4, 0.5) is 13.2 Å². The van der Waals surface area contributed by atoms with Crippen LogP contribution in [0.1, 0.15) is 0 Å². The van der Waals surface area contributed by atoms with Gasteiger partial charge < -0.3 is 4.55 Å². The summed E-state index contributed by atoms with van der Waals surface area (Å²) in [7, 11) is -0.632. The quantitative estimate of drug-likeness (QED) is 0.260. The van der Waals surface area contributed by atoms with Crippen LogP contribution in [0.25, 0.3) is 0 Å². The van der Waals surface area contributed by atoms with Crippen LogP contribution in [-0.2, 0) is 10.1 Å². The molecule has 0 aliphatic carbocycles. The Morgan fingerprint density at radius 1 is 1.29 bits per heavy atom. The number of rotatable bonds is 0. The zero-order chi connectivity index (χ0) is 12.2. The van der Waals surface area contributed by atoms with Crippen LogP contribution in [0.5, 0.6) is 0 Å². The van der Waals surface area contributed by atoms with Gasteiger partial charge in [0.15, 0.2) is 10.1 Å². The number of nitrogens with zero attached hydrogens (tertiary/aromatic N) is 2. The van der Waals surface area contributed by atoms with Crippen molar-refractivity contribution in [3.05, 3.63) is 0 Å². The summed E-state index contributed by atoms with van der Waals surface area (Å²) in [6.07, 6.45) is 2.04. The topological polar surface area (TPSA) is 81.0 Å². The SMILES string of the molecule is C[N+](C)(C)C#N.O=S(=O)([O-])C(F)(F)F. The first-order valence-electron chi connectivity index (χ1n) is 3.06. The van der Waals surface area contributed by atoms with Crippen LogP contribution in [0.3, 0.4) is 0 Å². The minimum atomic E-state index is -6.09. The molecule has 0 aliphatic heterocycles. The first kappa shape index (κ1) is 15.6. The monoisotopic (exact) mass is 234 g/mol. The third-order valence-electron chi connectivity index (χ3n) is 0.583. The second kappa shape index (κ2) is 4.59. The number of hydrogen-bond donors (Lipinski definition) is 0. The summed E-state index contributed by atoms with van der Waals surface area (Å²) in [6, 6.07) is 0. The van der Waals surface area contributed by atoms with Crippen molar-refractivity contribution in [2.75, 3.05) is 21.1 Å². The van der Waals surface area contributed by atoms with Gasteiger partial charge in [0.05, 0.1) is 21.1 Å². The fourth-order valence-electron chi connectivity index (χ4n) is 0. The van der Waals surface area contributed by atoms with E-state index in [2.05, 4.69) is 0 Å². The summed E-state index contributed by atoms with van der Waals surface area (Å²) in [6.45, 7) is 0. The number of nitriles is 1. The maximum absolute atomic E-state index is 10.7. The van der Waals surface area contributed by atoms with Gasteiger partial charge in [0, 0.05) is 0 Å². The van der Waals surface area contributed by atoms with E-state index >= 15 is 0 Å². The van der Waals surface area contributed by atoms with Crippen molar-refractivity contribution in [2.24, 2.45) is 0 Å². The van der Waals surface area contributed by atoms with Gasteiger partial charge >= 0.3 is 11.7 Å². The van der Waals surface area contributed by atoms with Gasteiger partial charge in [0.25, 0.3) is 0 Å². The van der Waals surface area contributed by atoms with Crippen molar-refractivity contribution in [3.8, 4) is 6.19 Å². The highest BCUT2D eigenvalue weighted by Gasteiger charge is 2.36. The van der Waals surface area contributed by atoms with Gasteiger partial charge in [-0.2, -0.15) is 13.2 Å². The lowest BCUT2D eigenvalue weighted by Gasteiger charge is -2.08. The van der Waals surface area contributed by atoms with E-state index < -0.39 is 15.6 Å². The fraction of sp³-hybridized carbons (Fsp3) is 0.800. The maximum atomic E-state index is 10.7. The molecule has 84 valence electrons. The predicted octanol–water partition coefficient (Wildman–Crippen LogP) is 0.225. The van der Waals surface area contributed by atoms with Crippen molar-refractivity contribution >= 4 is 10.1 Å². The molecule has 5 nitrogen and oxygen atoms in total. The second-order valence-electron chi connectivity index (χ2n) is 3.01. The number of alkyl halides is 3. The number of halogens is 3. The molecule has 9 heteroatoms. The van der Waals surface area contributed by atoms with Crippen LogP contribution in [0.2, 0.25) is 0 Å². The molecular formula is C5H9F3N2O3S. The largest absolute Gasteiger partial charge is 0.741 e. The van der Waals surface area contributed by atoms with Gasteiger partial charge in [-0.25, -0.2) is 12.9 Å². The molecule has 0 radical (unpaired) electrons. The summed E-state index contributed by atoms with van der Waals surface area (Å²) in [5.74, 6) is 0. The molecule has 0 fully saturated rings. The Morgan fingerprint density at radius 3 is 1.43 bits per heavy atom. The van der Waals surface area contributed by atoms with E-state index in [-0.39, 0.29) is 0 Å². The molecule has 0 aromatic carbocycles. The summed E-state index contributed by atoms with van der Waals surface area (Å²) in [5.41, 5.74) is -5.65. The van der Waals surface area contributed by atoms with Crippen LogP contribution in [0, 0.1) is 11.5 Å². The third kappa shape index (κ3) is 9.24. The highest BCUT2D eigenvalue weighted by atomic mass is 32.2. The molecule has 0 rings (SSSR count). The summed E-state index contributed by atoms with van der Waals surface area (Å²) >= 11 is 0. The molecule has 0 saturated heterocycles. The fourth-order valence-corrected chi connectivity index (χ4v) is 0. The average Bonchev–Trinajstić information content (AvgIpc) is 1.82. The molecule has 0 aromatic heterocycles. The minimum absolute atomic E-state index is 0.375. The Kier molecular flexibility index (Phi) is 5.11. The Bertz CT molecular complexity index is 309. The van der Waals surface area contributed by atoms with Gasteiger partial charge in [-0.1, -0.05) is 0 Å². The molecular weight excluding hydrogens is 225 g/mol. The molecule has 0 aromatic rings. The third-order valence-corrected chi connectivity index (χ3v) is 1.15. The normalized spacial score (nSPS) is 12.4. The molecule has 0 atom stereocenters. The first-order valence-corrected chi connectivity index (χ1v) is 4.47. The maximum Gasteiger partial charge on any atom is 0.485 e. The minimum Gasteiger partial charge on any atom is -0.741 e. The molecule has 14 heavy (non-hydrogen) atoms. The second-order valence-corrected chi connectivity index (χ2v) is 4.38. The molecule has 0 saturated carbocycles. The van der Waals surface area contributed by atoms with Crippen LogP contribution in [-0.4, -0.2) is 44.1 Å². The smallest absolute Gasteiger partial charge is 0.485 e. The summed E-state index contributed by atoms with van der Waals surface area (Å²) in [5, 5.41) is 8.12. The molecule has 0 amide bonds. The van der Waals surface area contributed by atoms with Crippen molar-refractivity contribution < 1.29 is 30.6 Å². The van der Waals surface area contributed by atoms with E-state index in [0.717, 1.165) is 0 Å². The predicted molar refractivity (Wildman–Crippen MR) is 39.4 cm³/mol. The Hall–Kier alpha value is -0.850. The van der Waals surface area contributed by atoms with Gasteiger partial charge in [-0.3, -0.25) is 0 Å². The van der Waals surface area contributed by atoms with Gasteiger partial charge in [0.1, 0.15) is 0 Å². The van der Waals surface area contributed by atoms with Crippen molar-refractivity contribution in [1.82, 2.24) is 0 Å². The van der Waals surface area contributed by atoms with E-state index in [0.29, 0.717) is 4.48 Å². The van der Waals surface area contributed by atoms with E-state index in [1.165, 1.54) is 0 Å². The molecule has 0 unspecified atom stereocenters. The average molecular weight is 234 g/mol. The van der Waals surface area contributed by atoms with Crippen molar-refractivity contribution in [1.29, 1.82) is 5.26 Å². The van der Waals surface area contributed by atoms with Gasteiger partial charge in [-0.15, -0.1) is 5.26 Å². The van der Waals surface area contributed by atoms with Crippen molar-refractivity contribution in [3.63, 3.8) is 0 Å². The van der Waals surface area contributed by atoms with E-state index in [4.69, 9.17) is 18.2 Å². The Morgan fingerprint density at radius 2 is 1.43 bits per heavy atom. The molecule has 0 aliphatic rings. The van der Waals surface area contributed by atoms with Gasteiger partial charge in [0.2, 0.25) is 0 Å². The highest BCUT2D eigenvalue weighted by Crippen LogP contribution is 2.20. The van der Waals surface area contributed by atoms with Crippen LogP contribution >= 0.6 is 0 Å². The summed E-state index contributed by atoms with van der Waals surface area (Å²) in [4.78, 5) is 0. The zero-order valence-electron chi connectivity index (χ0n) is 7.66. The van der Waals surface area contributed by atoms with Crippen LogP contribution < -0.4 is 0 Å². The van der Waals surface area contributed by atoms with Gasteiger partial charge in [-0.05, 0) is 0 Å². The lowest BCUT2D eigenvalue weighted by Crippen LogP contribution is -2.26.